The third kappa shape index (κ3) is 4.91. The molecule has 2 heteroatoms. The standard InChI is InChI=1S/C12H23OP/c1-11(2,3)9(12(4,5)6)7-8-10(13)14/h7-9H,14H2,1-6H3/b8-7+. The van der Waals surface area contributed by atoms with Gasteiger partial charge >= 0.3 is 0 Å². The van der Waals surface area contributed by atoms with Crippen LogP contribution in [0, 0.1) is 16.7 Å². The summed E-state index contributed by atoms with van der Waals surface area (Å²) in [6, 6.07) is 0. The van der Waals surface area contributed by atoms with E-state index < -0.39 is 0 Å². The van der Waals surface area contributed by atoms with Gasteiger partial charge in [-0.1, -0.05) is 56.9 Å². The van der Waals surface area contributed by atoms with E-state index in [1.165, 1.54) is 0 Å². The van der Waals surface area contributed by atoms with Gasteiger partial charge in [-0.25, -0.2) is 0 Å². The Morgan fingerprint density at radius 2 is 1.43 bits per heavy atom. The van der Waals surface area contributed by atoms with Crippen molar-refractivity contribution < 1.29 is 4.79 Å². The van der Waals surface area contributed by atoms with E-state index in [0.717, 1.165) is 0 Å². The molecule has 1 nitrogen and oxygen atoms in total. The van der Waals surface area contributed by atoms with Crippen molar-refractivity contribution in [2.75, 3.05) is 0 Å². The zero-order chi connectivity index (χ0) is 11.6. The van der Waals surface area contributed by atoms with Crippen molar-refractivity contribution in [2.45, 2.75) is 41.5 Å². The van der Waals surface area contributed by atoms with Crippen molar-refractivity contribution in [1.29, 1.82) is 0 Å². The summed E-state index contributed by atoms with van der Waals surface area (Å²) >= 11 is 0. The van der Waals surface area contributed by atoms with Crippen molar-refractivity contribution in [3.63, 3.8) is 0 Å². The Morgan fingerprint density at radius 1 is 1.07 bits per heavy atom. The zero-order valence-corrected chi connectivity index (χ0v) is 11.4. The van der Waals surface area contributed by atoms with E-state index in [2.05, 4.69) is 50.8 Å². The number of allylic oxidation sites excluding steroid dienone is 2. The molecule has 0 aromatic rings. The summed E-state index contributed by atoms with van der Waals surface area (Å²) < 4.78 is 0. The fourth-order valence-electron chi connectivity index (χ4n) is 2.07. The van der Waals surface area contributed by atoms with Gasteiger partial charge in [0.25, 0.3) is 0 Å². The van der Waals surface area contributed by atoms with Gasteiger partial charge in [0.2, 0.25) is 0 Å². The molecule has 82 valence electrons. The molecule has 1 unspecified atom stereocenters. The minimum Gasteiger partial charge on any atom is -0.290 e. The molecule has 0 amide bonds. The first-order valence-corrected chi connectivity index (χ1v) is 5.60. The Hall–Kier alpha value is -0.160. The van der Waals surface area contributed by atoms with E-state index in [1.54, 1.807) is 6.08 Å². The first-order valence-electron chi connectivity index (χ1n) is 5.03. The molecule has 0 aliphatic heterocycles. The second-order valence-corrected chi connectivity index (χ2v) is 6.54. The Bertz CT molecular complexity index is 214. The molecule has 0 spiro atoms. The fourth-order valence-corrected chi connectivity index (χ4v) is 2.18. The third-order valence-electron chi connectivity index (χ3n) is 2.32. The summed E-state index contributed by atoms with van der Waals surface area (Å²) in [7, 11) is 2.18. The van der Waals surface area contributed by atoms with Crippen molar-refractivity contribution in [1.82, 2.24) is 0 Å². The number of hydrogen-bond acceptors (Lipinski definition) is 1. The van der Waals surface area contributed by atoms with Gasteiger partial charge in [-0.3, -0.25) is 4.79 Å². The van der Waals surface area contributed by atoms with Gasteiger partial charge in [-0.05, 0) is 22.8 Å². The van der Waals surface area contributed by atoms with Crippen molar-refractivity contribution in [3.8, 4) is 0 Å². The van der Waals surface area contributed by atoms with Crippen LogP contribution in [-0.2, 0) is 4.79 Å². The van der Waals surface area contributed by atoms with Crippen LogP contribution in [-0.4, -0.2) is 5.52 Å². The molecule has 0 saturated heterocycles. The lowest BCUT2D eigenvalue weighted by molar-refractivity contribution is -0.107. The molecule has 0 aromatic heterocycles. The molecule has 0 aliphatic rings. The molecule has 0 aliphatic carbocycles. The SMILES string of the molecule is CC(C)(C)C(/C=C/C(=O)P)C(C)(C)C. The molecule has 0 saturated carbocycles. The lowest BCUT2D eigenvalue weighted by atomic mass is 9.66. The first-order chi connectivity index (χ1) is 6.05. The van der Waals surface area contributed by atoms with E-state index in [1.807, 2.05) is 6.08 Å². The average molecular weight is 214 g/mol. The Balaban J connectivity index is 4.86. The highest BCUT2D eigenvalue weighted by Gasteiger charge is 2.32. The van der Waals surface area contributed by atoms with E-state index in [-0.39, 0.29) is 16.4 Å². The van der Waals surface area contributed by atoms with Gasteiger partial charge in [0.05, 0.1) is 0 Å². The predicted molar refractivity (Wildman–Crippen MR) is 66.3 cm³/mol. The molecule has 1 atom stereocenters. The normalized spacial score (nSPS) is 14.0. The quantitative estimate of drug-likeness (QED) is 0.506. The highest BCUT2D eigenvalue weighted by Crippen LogP contribution is 2.40. The smallest absolute Gasteiger partial charge is 0.170 e. The van der Waals surface area contributed by atoms with Crippen LogP contribution in [0.5, 0.6) is 0 Å². The van der Waals surface area contributed by atoms with Crippen LogP contribution in [0.2, 0.25) is 0 Å². The van der Waals surface area contributed by atoms with E-state index in [9.17, 15) is 4.79 Å². The van der Waals surface area contributed by atoms with Crippen molar-refractivity contribution in [3.05, 3.63) is 12.2 Å². The second-order valence-electron chi connectivity index (χ2n) is 5.97. The van der Waals surface area contributed by atoms with Gasteiger partial charge in [-0.2, -0.15) is 0 Å². The van der Waals surface area contributed by atoms with E-state index >= 15 is 0 Å². The molecule has 0 N–H and O–H groups in total. The molecule has 0 aromatic carbocycles. The molecular formula is C12H23OP. The lowest BCUT2D eigenvalue weighted by Gasteiger charge is -2.38. The second kappa shape index (κ2) is 4.57. The van der Waals surface area contributed by atoms with Crippen LogP contribution in [0.1, 0.15) is 41.5 Å². The molecule has 0 fully saturated rings. The predicted octanol–water partition coefficient (Wildman–Crippen LogP) is 3.65. The Labute approximate surface area is 90.6 Å². The highest BCUT2D eigenvalue weighted by atomic mass is 31.0. The maximum Gasteiger partial charge on any atom is 0.170 e. The molecule has 0 bridgehead atoms. The van der Waals surface area contributed by atoms with Gasteiger partial charge in [-0.15, -0.1) is 0 Å². The molecule has 0 radical (unpaired) electrons. The number of carbonyl (C=O) groups excluding carboxylic acids is 1. The Kier molecular flexibility index (Phi) is 4.52. The third-order valence-corrected chi connectivity index (χ3v) is 2.51. The summed E-state index contributed by atoms with van der Waals surface area (Å²) in [6.07, 6.45) is 3.70. The summed E-state index contributed by atoms with van der Waals surface area (Å²) in [5, 5.41) is 0. The van der Waals surface area contributed by atoms with E-state index in [0.29, 0.717) is 5.92 Å². The van der Waals surface area contributed by atoms with Crippen LogP contribution in [0.25, 0.3) is 0 Å². The van der Waals surface area contributed by atoms with Crippen LogP contribution in [0.4, 0.5) is 0 Å². The van der Waals surface area contributed by atoms with Gasteiger partial charge in [0.1, 0.15) is 0 Å². The number of carbonyl (C=O) groups is 1. The van der Waals surface area contributed by atoms with Crippen molar-refractivity contribution in [2.24, 2.45) is 16.7 Å². The minimum atomic E-state index is 0.0449. The maximum atomic E-state index is 10.9. The number of hydrogen-bond donors (Lipinski definition) is 0. The van der Waals surface area contributed by atoms with Crippen LogP contribution in [0.3, 0.4) is 0 Å². The van der Waals surface area contributed by atoms with Gasteiger partial charge < -0.3 is 0 Å². The largest absolute Gasteiger partial charge is 0.290 e. The molecule has 14 heavy (non-hydrogen) atoms. The van der Waals surface area contributed by atoms with Gasteiger partial charge in [0, 0.05) is 0 Å². The van der Waals surface area contributed by atoms with Crippen LogP contribution < -0.4 is 0 Å². The summed E-state index contributed by atoms with van der Waals surface area (Å²) in [5.74, 6) is 0.402. The summed E-state index contributed by atoms with van der Waals surface area (Å²) in [5.41, 5.74) is 0.424. The van der Waals surface area contributed by atoms with Gasteiger partial charge in [0.15, 0.2) is 5.52 Å². The van der Waals surface area contributed by atoms with Crippen LogP contribution >= 0.6 is 9.24 Å². The van der Waals surface area contributed by atoms with Crippen molar-refractivity contribution >= 4 is 14.8 Å². The van der Waals surface area contributed by atoms with Crippen LogP contribution in [0.15, 0.2) is 12.2 Å². The molecule has 0 rings (SSSR count). The maximum absolute atomic E-state index is 10.9. The monoisotopic (exact) mass is 214 g/mol. The summed E-state index contributed by atoms with van der Waals surface area (Å²) in [6.45, 7) is 13.3. The summed E-state index contributed by atoms with van der Waals surface area (Å²) in [4.78, 5) is 10.9. The molecular weight excluding hydrogens is 191 g/mol. The molecule has 0 heterocycles. The highest BCUT2D eigenvalue weighted by molar-refractivity contribution is 7.40. The average Bonchev–Trinajstić information content (AvgIpc) is 1.78. The van der Waals surface area contributed by atoms with E-state index in [4.69, 9.17) is 0 Å². The zero-order valence-electron chi connectivity index (χ0n) is 10.2. The Morgan fingerprint density at radius 3 is 1.64 bits per heavy atom. The minimum absolute atomic E-state index is 0.0449. The lowest BCUT2D eigenvalue weighted by Crippen LogP contribution is -2.30. The number of rotatable bonds is 2. The first kappa shape index (κ1) is 13.8. The topological polar surface area (TPSA) is 17.1 Å². The fraction of sp³-hybridized carbons (Fsp3) is 0.750.